The van der Waals surface area contributed by atoms with Crippen LogP contribution in [0.3, 0.4) is 0 Å². The Bertz CT molecular complexity index is 904. The predicted octanol–water partition coefficient (Wildman–Crippen LogP) is 4.45. The van der Waals surface area contributed by atoms with E-state index < -0.39 is 10.0 Å². The van der Waals surface area contributed by atoms with Crippen LogP contribution in [0, 0.1) is 6.92 Å². The van der Waals surface area contributed by atoms with Crippen LogP contribution in [-0.2, 0) is 10.0 Å². The standard InChI is InChI=1S/C21H28N2O3S/c1-6-16(5)23-27(25,26)18-12-10-17(11-13-18)21(24)22-20-15(4)8-7-9-19(20)14(2)3/h7-14,16,23H,6H2,1-5H3,(H,22,24). The van der Waals surface area contributed by atoms with Gasteiger partial charge in [0, 0.05) is 17.3 Å². The van der Waals surface area contributed by atoms with E-state index in [9.17, 15) is 13.2 Å². The highest BCUT2D eigenvalue weighted by atomic mass is 32.2. The maximum Gasteiger partial charge on any atom is 0.255 e. The maximum atomic E-state index is 12.7. The van der Waals surface area contributed by atoms with Crippen molar-refractivity contribution < 1.29 is 13.2 Å². The van der Waals surface area contributed by atoms with Crippen molar-refractivity contribution in [2.24, 2.45) is 0 Å². The zero-order valence-corrected chi connectivity index (χ0v) is 17.4. The average molecular weight is 389 g/mol. The van der Waals surface area contributed by atoms with E-state index in [1.54, 1.807) is 0 Å². The third kappa shape index (κ3) is 5.17. The molecule has 2 rings (SSSR count). The van der Waals surface area contributed by atoms with Gasteiger partial charge in [-0.2, -0.15) is 0 Å². The Morgan fingerprint density at radius 1 is 1.04 bits per heavy atom. The number of benzene rings is 2. The maximum absolute atomic E-state index is 12.7. The van der Waals surface area contributed by atoms with Gasteiger partial charge >= 0.3 is 0 Å². The first-order valence-corrected chi connectivity index (χ1v) is 10.7. The molecule has 5 nitrogen and oxygen atoms in total. The van der Waals surface area contributed by atoms with Crippen LogP contribution in [0.4, 0.5) is 5.69 Å². The van der Waals surface area contributed by atoms with Crippen molar-refractivity contribution in [2.45, 2.75) is 57.9 Å². The van der Waals surface area contributed by atoms with Gasteiger partial charge in [0.1, 0.15) is 0 Å². The van der Waals surface area contributed by atoms with Crippen molar-refractivity contribution >= 4 is 21.6 Å². The lowest BCUT2D eigenvalue weighted by Gasteiger charge is -2.16. The molecular formula is C21H28N2O3S. The molecule has 0 heterocycles. The van der Waals surface area contributed by atoms with Crippen LogP contribution < -0.4 is 10.0 Å². The number of sulfonamides is 1. The molecule has 0 aliphatic rings. The normalized spacial score (nSPS) is 12.8. The summed E-state index contributed by atoms with van der Waals surface area (Å²) in [5.41, 5.74) is 3.29. The summed E-state index contributed by atoms with van der Waals surface area (Å²) in [6, 6.07) is 11.8. The molecule has 0 spiro atoms. The molecule has 0 bridgehead atoms. The largest absolute Gasteiger partial charge is 0.321 e. The summed E-state index contributed by atoms with van der Waals surface area (Å²) < 4.78 is 27.3. The molecule has 0 fully saturated rings. The number of nitrogens with one attached hydrogen (secondary N) is 2. The predicted molar refractivity (Wildman–Crippen MR) is 110 cm³/mol. The molecule has 1 atom stereocenters. The van der Waals surface area contributed by atoms with Crippen molar-refractivity contribution in [3.63, 3.8) is 0 Å². The third-order valence-corrected chi connectivity index (χ3v) is 6.17. The van der Waals surface area contributed by atoms with Gasteiger partial charge in [0.2, 0.25) is 10.0 Å². The van der Waals surface area contributed by atoms with E-state index in [4.69, 9.17) is 0 Å². The number of aryl methyl sites for hydroxylation is 1. The second kappa shape index (κ2) is 8.67. The van der Waals surface area contributed by atoms with Crippen LogP contribution in [-0.4, -0.2) is 20.4 Å². The van der Waals surface area contributed by atoms with Crippen LogP contribution in [0.25, 0.3) is 0 Å². The Morgan fingerprint density at radius 3 is 2.22 bits per heavy atom. The summed E-state index contributed by atoms with van der Waals surface area (Å²) in [6.07, 6.45) is 0.703. The number of rotatable bonds is 7. The Morgan fingerprint density at radius 2 is 1.67 bits per heavy atom. The number of carbonyl (C=O) groups is 1. The van der Waals surface area contributed by atoms with Crippen LogP contribution >= 0.6 is 0 Å². The average Bonchev–Trinajstić information content (AvgIpc) is 2.62. The quantitative estimate of drug-likeness (QED) is 0.736. The van der Waals surface area contributed by atoms with Gasteiger partial charge in [0.15, 0.2) is 0 Å². The summed E-state index contributed by atoms with van der Waals surface area (Å²) in [6.45, 7) is 9.84. The van der Waals surface area contributed by atoms with E-state index in [1.807, 2.05) is 39.0 Å². The van der Waals surface area contributed by atoms with Gasteiger partial charge in [-0.25, -0.2) is 13.1 Å². The Hall–Kier alpha value is -2.18. The summed E-state index contributed by atoms with van der Waals surface area (Å²) in [7, 11) is -3.58. The second-order valence-electron chi connectivity index (χ2n) is 7.10. The fraction of sp³-hybridized carbons (Fsp3) is 0.381. The SMILES string of the molecule is CCC(C)NS(=O)(=O)c1ccc(C(=O)Nc2c(C)cccc2C(C)C)cc1. The molecule has 0 aromatic heterocycles. The van der Waals surface area contributed by atoms with Crippen molar-refractivity contribution in [3.8, 4) is 0 Å². The molecule has 27 heavy (non-hydrogen) atoms. The Kier molecular flexibility index (Phi) is 6.78. The summed E-state index contributed by atoms with van der Waals surface area (Å²) in [4.78, 5) is 12.8. The molecule has 0 radical (unpaired) electrons. The van der Waals surface area contributed by atoms with Crippen molar-refractivity contribution in [1.29, 1.82) is 0 Å². The van der Waals surface area contributed by atoms with Gasteiger partial charge in [-0.05, 0) is 61.6 Å². The minimum Gasteiger partial charge on any atom is -0.321 e. The van der Waals surface area contributed by atoms with Crippen LogP contribution in [0.2, 0.25) is 0 Å². The third-order valence-electron chi connectivity index (χ3n) is 4.56. The van der Waals surface area contributed by atoms with Gasteiger partial charge in [0.25, 0.3) is 5.91 Å². The number of hydrogen-bond donors (Lipinski definition) is 2. The van der Waals surface area contributed by atoms with E-state index in [2.05, 4.69) is 23.9 Å². The minimum atomic E-state index is -3.58. The van der Waals surface area contributed by atoms with Crippen molar-refractivity contribution in [3.05, 3.63) is 59.2 Å². The molecular weight excluding hydrogens is 360 g/mol. The molecule has 146 valence electrons. The summed E-state index contributed by atoms with van der Waals surface area (Å²) >= 11 is 0. The first kappa shape index (κ1) is 21.1. The molecule has 1 amide bonds. The highest BCUT2D eigenvalue weighted by molar-refractivity contribution is 7.89. The van der Waals surface area contributed by atoms with Crippen LogP contribution in [0.5, 0.6) is 0 Å². The van der Waals surface area contributed by atoms with Crippen molar-refractivity contribution in [2.75, 3.05) is 5.32 Å². The molecule has 0 aliphatic heterocycles. The number of para-hydroxylation sites is 1. The molecule has 6 heteroatoms. The molecule has 1 unspecified atom stereocenters. The van der Waals surface area contributed by atoms with E-state index in [1.165, 1.54) is 24.3 Å². The lowest BCUT2D eigenvalue weighted by Crippen LogP contribution is -2.32. The monoisotopic (exact) mass is 388 g/mol. The summed E-state index contributed by atoms with van der Waals surface area (Å²) in [5, 5.41) is 2.97. The van der Waals surface area contributed by atoms with Gasteiger partial charge in [0.05, 0.1) is 4.90 Å². The molecule has 2 aromatic carbocycles. The Balaban J connectivity index is 2.23. The molecule has 2 N–H and O–H groups in total. The first-order chi connectivity index (χ1) is 12.7. The molecule has 0 saturated heterocycles. The highest BCUT2D eigenvalue weighted by Gasteiger charge is 2.18. The number of hydrogen-bond acceptors (Lipinski definition) is 3. The van der Waals surface area contributed by atoms with E-state index in [0.29, 0.717) is 12.0 Å². The van der Waals surface area contributed by atoms with E-state index >= 15 is 0 Å². The highest BCUT2D eigenvalue weighted by Crippen LogP contribution is 2.28. The lowest BCUT2D eigenvalue weighted by atomic mass is 9.98. The van der Waals surface area contributed by atoms with E-state index in [-0.39, 0.29) is 22.8 Å². The number of amides is 1. The van der Waals surface area contributed by atoms with Gasteiger partial charge in [-0.3, -0.25) is 4.79 Å². The summed E-state index contributed by atoms with van der Waals surface area (Å²) in [5.74, 6) is 0.0179. The number of carbonyl (C=O) groups excluding carboxylic acids is 1. The van der Waals surface area contributed by atoms with Gasteiger partial charge in [-0.15, -0.1) is 0 Å². The van der Waals surface area contributed by atoms with E-state index in [0.717, 1.165) is 16.8 Å². The number of anilines is 1. The van der Waals surface area contributed by atoms with Crippen molar-refractivity contribution in [1.82, 2.24) is 4.72 Å². The fourth-order valence-electron chi connectivity index (χ4n) is 2.73. The van der Waals surface area contributed by atoms with Crippen LogP contribution in [0.1, 0.15) is 61.5 Å². The first-order valence-electron chi connectivity index (χ1n) is 9.19. The zero-order chi connectivity index (χ0) is 20.2. The van der Waals surface area contributed by atoms with Crippen LogP contribution in [0.15, 0.2) is 47.4 Å². The van der Waals surface area contributed by atoms with Gasteiger partial charge in [-0.1, -0.05) is 39.0 Å². The fourth-order valence-corrected chi connectivity index (χ4v) is 4.06. The minimum absolute atomic E-state index is 0.145. The Labute approximate surface area is 162 Å². The molecule has 0 aliphatic carbocycles. The molecule has 0 saturated carbocycles. The molecule has 2 aromatic rings. The van der Waals surface area contributed by atoms with Gasteiger partial charge < -0.3 is 5.32 Å². The lowest BCUT2D eigenvalue weighted by molar-refractivity contribution is 0.102. The second-order valence-corrected chi connectivity index (χ2v) is 8.82. The zero-order valence-electron chi connectivity index (χ0n) is 16.5. The topological polar surface area (TPSA) is 75.3 Å². The smallest absolute Gasteiger partial charge is 0.255 e.